The fourth-order valence-corrected chi connectivity index (χ4v) is 2.30. The molecule has 0 aromatic heterocycles. The van der Waals surface area contributed by atoms with E-state index in [1.54, 1.807) is 7.11 Å². The number of methoxy groups -OCH3 is 1. The van der Waals surface area contributed by atoms with Crippen LogP contribution in [-0.4, -0.2) is 23.9 Å². The summed E-state index contributed by atoms with van der Waals surface area (Å²) in [6, 6.07) is 4.00. The molecule has 2 rings (SSSR count). The second-order valence-electron chi connectivity index (χ2n) is 4.56. The van der Waals surface area contributed by atoms with Gasteiger partial charge < -0.3 is 9.84 Å². The average molecular weight is 242 g/mol. The number of aliphatic hydroxyl groups excluding tert-OH is 1. The molecule has 94 valence electrons. The van der Waals surface area contributed by atoms with Gasteiger partial charge in [-0.15, -0.1) is 0 Å². The molecule has 0 radical (unpaired) electrons. The molecule has 0 heterocycles. The van der Waals surface area contributed by atoms with E-state index in [2.05, 4.69) is 0 Å². The lowest BCUT2D eigenvalue weighted by molar-refractivity contribution is -0.148. The lowest BCUT2D eigenvalue weighted by atomic mass is 9.74. The third-order valence-electron chi connectivity index (χ3n) is 3.66. The van der Waals surface area contributed by atoms with Crippen molar-refractivity contribution in [2.75, 3.05) is 7.11 Å². The highest BCUT2D eigenvalue weighted by molar-refractivity contribution is 5.20. The van der Waals surface area contributed by atoms with Gasteiger partial charge in [0.2, 0.25) is 0 Å². The number of ether oxygens (including phenoxy) is 1. The van der Waals surface area contributed by atoms with E-state index in [1.165, 1.54) is 12.1 Å². The average Bonchev–Trinajstić information content (AvgIpc) is 2.24. The van der Waals surface area contributed by atoms with E-state index in [9.17, 15) is 13.9 Å². The van der Waals surface area contributed by atoms with Crippen LogP contribution in [0.25, 0.3) is 0 Å². The van der Waals surface area contributed by atoms with Crippen LogP contribution < -0.4 is 0 Å². The molecule has 0 amide bonds. The van der Waals surface area contributed by atoms with E-state index in [4.69, 9.17) is 4.74 Å². The van der Waals surface area contributed by atoms with Gasteiger partial charge in [0, 0.05) is 13.5 Å². The minimum absolute atomic E-state index is 0.0808. The molecule has 0 aliphatic heterocycles. The van der Waals surface area contributed by atoms with Crippen molar-refractivity contribution in [2.24, 2.45) is 0 Å². The Morgan fingerprint density at radius 3 is 2.65 bits per heavy atom. The molecular weight excluding hydrogens is 226 g/mol. The van der Waals surface area contributed by atoms with Crippen molar-refractivity contribution in [3.63, 3.8) is 0 Å². The highest BCUT2D eigenvalue weighted by Crippen LogP contribution is 2.39. The standard InChI is InChI=1S/C13H16F2O2/c1-17-13(6-3-7-13)11(16)8-9-4-2-5-10(14)12(9)15/h2,4-5,11,16H,3,6-8H2,1H3. The van der Waals surface area contributed by atoms with E-state index >= 15 is 0 Å². The Labute approximate surface area is 99.2 Å². The van der Waals surface area contributed by atoms with Gasteiger partial charge in [0.15, 0.2) is 11.6 Å². The van der Waals surface area contributed by atoms with Crippen molar-refractivity contribution in [1.82, 2.24) is 0 Å². The van der Waals surface area contributed by atoms with Crippen molar-refractivity contribution in [1.29, 1.82) is 0 Å². The fourth-order valence-electron chi connectivity index (χ4n) is 2.30. The Hall–Kier alpha value is -1.00. The zero-order chi connectivity index (χ0) is 12.5. The van der Waals surface area contributed by atoms with Crippen LogP contribution in [0.3, 0.4) is 0 Å². The molecule has 0 bridgehead atoms. The van der Waals surface area contributed by atoms with Gasteiger partial charge in [0.25, 0.3) is 0 Å². The first-order valence-corrected chi connectivity index (χ1v) is 5.75. The summed E-state index contributed by atoms with van der Waals surface area (Å²) in [6.45, 7) is 0. The second kappa shape index (κ2) is 4.70. The van der Waals surface area contributed by atoms with Gasteiger partial charge in [-0.1, -0.05) is 12.1 Å². The SMILES string of the molecule is COC1(C(O)Cc2cccc(F)c2F)CCC1. The molecule has 1 aromatic carbocycles. The van der Waals surface area contributed by atoms with Gasteiger partial charge in [0.1, 0.15) is 0 Å². The fraction of sp³-hybridized carbons (Fsp3) is 0.538. The van der Waals surface area contributed by atoms with Crippen molar-refractivity contribution in [3.05, 3.63) is 35.4 Å². The summed E-state index contributed by atoms with van der Waals surface area (Å²) < 4.78 is 31.8. The zero-order valence-electron chi connectivity index (χ0n) is 9.75. The van der Waals surface area contributed by atoms with Gasteiger partial charge in [-0.05, 0) is 30.9 Å². The van der Waals surface area contributed by atoms with Crippen LogP contribution in [0, 0.1) is 11.6 Å². The van der Waals surface area contributed by atoms with E-state index < -0.39 is 23.3 Å². The molecule has 2 nitrogen and oxygen atoms in total. The van der Waals surface area contributed by atoms with E-state index in [0.29, 0.717) is 0 Å². The maximum absolute atomic E-state index is 13.4. The van der Waals surface area contributed by atoms with Crippen molar-refractivity contribution in [2.45, 2.75) is 37.4 Å². The highest BCUT2D eigenvalue weighted by Gasteiger charge is 2.43. The van der Waals surface area contributed by atoms with Gasteiger partial charge in [-0.25, -0.2) is 8.78 Å². The molecule has 1 atom stereocenters. The van der Waals surface area contributed by atoms with Gasteiger partial charge in [-0.3, -0.25) is 0 Å². The third-order valence-corrected chi connectivity index (χ3v) is 3.66. The van der Waals surface area contributed by atoms with Crippen LogP contribution >= 0.6 is 0 Å². The summed E-state index contributed by atoms with van der Waals surface area (Å²) in [4.78, 5) is 0. The summed E-state index contributed by atoms with van der Waals surface area (Å²) in [5.41, 5.74) is -0.375. The minimum atomic E-state index is -0.880. The molecule has 1 aliphatic rings. The number of halogens is 2. The molecular formula is C13H16F2O2. The Kier molecular flexibility index (Phi) is 3.45. The Morgan fingerprint density at radius 1 is 1.41 bits per heavy atom. The van der Waals surface area contributed by atoms with Crippen LogP contribution in [0.5, 0.6) is 0 Å². The predicted octanol–water partition coefficient (Wildman–Crippen LogP) is 2.44. The Balaban J connectivity index is 2.13. The van der Waals surface area contributed by atoms with Crippen molar-refractivity contribution >= 4 is 0 Å². The molecule has 1 aromatic rings. The summed E-state index contributed by atoms with van der Waals surface area (Å²) in [5.74, 6) is -1.76. The number of aliphatic hydroxyl groups is 1. The summed E-state index contributed by atoms with van der Waals surface area (Å²) in [7, 11) is 1.55. The lowest BCUT2D eigenvalue weighted by Gasteiger charge is -2.44. The van der Waals surface area contributed by atoms with Crippen LogP contribution in [-0.2, 0) is 11.2 Å². The first kappa shape index (κ1) is 12.5. The minimum Gasteiger partial charge on any atom is -0.390 e. The van der Waals surface area contributed by atoms with Crippen LogP contribution in [0.15, 0.2) is 18.2 Å². The molecule has 1 unspecified atom stereocenters. The monoisotopic (exact) mass is 242 g/mol. The molecule has 1 saturated carbocycles. The number of rotatable bonds is 4. The lowest BCUT2D eigenvalue weighted by Crippen LogP contribution is -2.51. The largest absolute Gasteiger partial charge is 0.390 e. The molecule has 4 heteroatoms. The van der Waals surface area contributed by atoms with Crippen molar-refractivity contribution in [3.8, 4) is 0 Å². The topological polar surface area (TPSA) is 29.5 Å². The molecule has 1 fully saturated rings. The van der Waals surface area contributed by atoms with E-state index in [-0.39, 0.29) is 12.0 Å². The normalized spacial score (nSPS) is 19.8. The number of hydrogen-bond donors (Lipinski definition) is 1. The predicted molar refractivity (Wildman–Crippen MR) is 59.7 cm³/mol. The quantitative estimate of drug-likeness (QED) is 0.878. The van der Waals surface area contributed by atoms with Gasteiger partial charge >= 0.3 is 0 Å². The van der Waals surface area contributed by atoms with Gasteiger partial charge in [-0.2, -0.15) is 0 Å². The zero-order valence-corrected chi connectivity index (χ0v) is 9.75. The molecule has 0 spiro atoms. The maximum atomic E-state index is 13.4. The first-order valence-electron chi connectivity index (χ1n) is 5.75. The maximum Gasteiger partial charge on any atom is 0.162 e. The van der Waals surface area contributed by atoms with E-state index in [0.717, 1.165) is 25.3 Å². The van der Waals surface area contributed by atoms with Crippen LogP contribution in [0.4, 0.5) is 8.78 Å². The molecule has 17 heavy (non-hydrogen) atoms. The highest BCUT2D eigenvalue weighted by atomic mass is 19.2. The molecule has 1 N–H and O–H groups in total. The third kappa shape index (κ3) is 2.19. The number of benzene rings is 1. The molecule has 0 saturated heterocycles. The van der Waals surface area contributed by atoms with E-state index in [1.807, 2.05) is 0 Å². The van der Waals surface area contributed by atoms with Crippen molar-refractivity contribution < 1.29 is 18.6 Å². The van der Waals surface area contributed by atoms with Crippen LogP contribution in [0.2, 0.25) is 0 Å². The van der Waals surface area contributed by atoms with Crippen LogP contribution in [0.1, 0.15) is 24.8 Å². The Bertz CT molecular complexity index is 397. The number of hydrogen-bond acceptors (Lipinski definition) is 2. The Morgan fingerprint density at radius 2 is 2.12 bits per heavy atom. The molecule has 1 aliphatic carbocycles. The smallest absolute Gasteiger partial charge is 0.162 e. The summed E-state index contributed by atoms with van der Waals surface area (Å²) >= 11 is 0. The van der Waals surface area contributed by atoms with Gasteiger partial charge in [0.05, 0.1) is 11.7 Å². The first-order chi connectivity index (χ1) is 8.09. The summed E-state index contributed by atoms with van der Waals surface area (Å²) in [6.07, 6.45) is 1.81. The second-order valence-corrected chi connectivity index (χ2v) is 4.56. The summed E-state index contributed by atoms with van der Waals surface area (Å²) in [5, 5.41) is 10.1.